The van der Waals surface area contributed by atoms with E-state index in [0.29, 0.717) is 17.3 Å². The molecule has 0 bridgehead atoms. The van der Waals surface area contributed by atoms with Crippen LogP contribution >= 0.6 is 11.3 Å². The van der Waals surface area contributed by atoms with Crippen LogP contribution in [0.5, 0.6) is 0 Å². The van der Waals surface area contributed by atoms with Gasteiger partial charge in [-0.25, -0.2) is 8.42 Å². The topological polar surface area (TPSA) is 128 Å². The Balaban J connectivity index is 1.62. The molecule has 0 amide bonds. The molecule has 0 saturated carbocycles. The summed E-state index contributed by atoms with van der Waals surface area (Å²) in [5, 5.41) is 17.1. The Morgan fingerprint density at radius 1 is 1.07 bits per heavy atom. The van der Waals surface area contributed by atoms with Crippen molar-refractivity contribution >= 4 is 32.7 Å². The molecule has 2 heterocycles. The standard InChI is InChI=1S/C19H14N4O5S2/c24-23(25)15-8-3-4-10-17(15)30(26,27)22-14-7-2-1-6-13(14)12-18-20-19(21-28-18)16-9-5-11-29-16/h1-11,22H,12H2. The van der Waals surface area contributed by atoms with E-state index in [0.717, 1.165) is 10.9 Å². The first kappa shape index (κ1) is 19.7. The van der Waals surface area contributed by atoms with Crippen LogP contribution in [0.3, 0.4) is 0 Å². The van der Waals surface area contributed by atoms with Crippen molar-refractivity contribution in [3.63, 3.8) is 0 Å². The monoisotopic (exact) mass is 442 g/mol. The van der Waals surface area contributed by atoms with Gasteiger partial charge < -0.3 is 4.52 Å². The maximum absolute atomic E-state index is 12.8. The first-order valence-electron chi connectivity index (χ1n) is 8.64. The summed E-state index contributed by atoms with van der Waals surface area (Å²) < 4.78 is 33.4. The van der Waals surface area contributed by atoms with E-state index >= 15 is 0 Å². The van der Waals surface area contributed by atoms with Crippen LogP contribution in [-0.2, 0) is 16.4 Å². The van der Waals surface area contributed by atoms with E-state index in [2.05, 4.69) is 14.9 Å². The quantitative estimate of drug-likeness (QED) is 0.337. The van der Waals surface area contributed by atoms with Gasteiger partial charge in [-0.1, -0.05) is 41.6 Å². The number of thiophene rings is 1. The highest BCUT2D eigenvalue weighted by molar-refractivity contribution is 7.92. The van der Waals surface area contributed by atoms with Crippen LogP contribution in [-0.4, -0.2) is 23.5 Å². The minimum atomic E-state index is -4.19. The van der Waals surface area contributed by atoms with Gasteiger partial charge in [0.05, 0.1) is 21.9 Å². The van der Waals surface area contributed by atoms with Gasteiger partial charge in [0.2, 0.25) is 11.7 Å². The zero-order valence-corrected chi connectivity index (χ0v) is 16.9. The average Bonchev–Trinajstić information content (AvgIpc) is 3.41. The minimum absolute atomic E-state index is 0.188. The molecule has 0 radical (unpaired) electrons. The van der Waals surface area contributed by atoms with Crippen LogP contribution < -0.4 is 4.72 Å². The summed E-state index contributed by atoms with van der Waals surface area (Å²) in [5.74, 6) is 0.772. The molecule has 11 heteroatoms. The van der Waals surface area contributed by atoms with Crippen molar-refractivity contribution in [1.29, 1.82) is 0 Å². The molecule has 4 rings (SSSR count). The summed E-state index contributed by atoms with van der Waals surface area (Å²) in [6.07, 6.45) is 0.188. The zero-order chi connectivity index (χ0) is 21.1. The molecule has 0 unspecified atom stereocenters. The fourth-order valence-corrected chi connectivity index (χ4v) is 4.73. The van der Waals surface area contributed by atoms with Crippen molar-refractivity contribution in [2.75, 3.05) is 4.72 Å². The largest absolute Gasteiger partial charge is 0.339 e. The number of para-hydroxylation sites is 2. The molecule has 0 aliphatic rings. The highest BCUT2D eigenvalue weighted by Crippen LogP contribution is 2.28. The molecular formula is C19H14N4O5S2. The van der Waals surface area contributed by atoms with Crippen LogP contribution in [0.4, 0.5) is 11.4 Å². The Morgan fingerprint density at radius 3 is 2.60 bits per heavy atom. The van der Waals surface area contributed by atoms with E-state index in [1.165, 1.54) is 29.5 Å². The van der Waals surface area contributed by atoms with Crippen molar-refractivity contribution in [3.8, 4) is 10.7 Å². The number of sulfonamides is 1. The Hall–Kier alpha value is -3.57. The lowest BCUT2D eigenvalue weighted by atomic mass is 10.1. The summed E-state index contributed by atoms with van der Waals surface area (Å²) >= 11 is 1.48. The van der Waals surface area contributed by atoms with Crippen LogP contribution in [0.25, 0.3) is 10.7 Å². The van der Waals surface area contributed by atoms with Crippen LogP contribution in [0, 0.1) is 10.1 Å². The van der Waals surface area contributed by atoms with E-state index in [4.69, 9.17) is 4.52 Å². The Bertz CT molecular complexity index is 1300. The lowest BCUT2D eigenvalue weighted by Gasteiger charge is -2.11. The van der Waals surface area contributed by atoms with Gasteiger partial charge in [-0.15, -0.1) is 11.3 Å². The van der Waals surface area contributed by atoms with Gasteiger partial charge in [0.15, 0.2) is 4.90 Å². The summed E-state index contributed by atoms with van der Waals surface area (Å²) in [4.78, 5) is 15.3. The van der Waals surface area contributed by atoms with E-state index in [9.17, 15) is 18.5 Å². The van der Waals surface area contributed by atoms with E-state index in [1.807, 2.05) is 17.5 Å². The lowest BCUT2D eigenvalue weighted by molar-refractivity contribution is -0.387. The second-order valence-corrected chi connectivity index (χ2v) is 8.75. The van der Waals surface area contributed by atoms with Gasteiger partial charge in [0, 0.05) is 6.07 Å². The predicted molar refractivity (Wildman–Crippen MR) is 111 cm³/mol. The molecule has 9 nitrogen and oxygen atoms in total. The summed E-state index contributed by atoms with van der Waals surface area (Å²) in [6, 6.07) is 15.6. The van der Waals surface area contributed by atoms with Crippen molar-refractivity contribution in [2.24, 2.45) is 0 Å². The fraction of sp³-hybridized carbons (Fsp3) is 0.0526. The second kappa shape index (κ2) is 8.05. The number of hydrogen-bond acceptors (Lipinski definition) is 8. The number of aromatic nitrogens is 2. The molecule has 152 valence electrons. The normalized spacial score (nSPS) is 11.3. The number of benzene rings is 2. The molecule has 0 fully saturated rings. The maximum Gasteiger partial charge on any atom is 0.289 e. The van der Waals surface area contributed by atoms with Gasteiger partial charge >= 0.3 is 0 Å². The molecule has 2 aromatic carbocycles. The van der Waals surface area contributed by atoms with Crippen molar-refractivity contribution < 1.29 is 17.9 Å². The summed E-state index contributed by atoms with van der Waals surface area (Å²) in [5.41, 5.74) is 0.354. The molecule has 30 heavy (non-hydrogen) atoms. The number of nitrogens with one attached hydrogen (secondary N) is 1. The van der Waals surface area contributed by atoms with E-state index < -0.39 is 25.5 Å². The molecule has 0 aliphatic heterocycles. The Kier molecular flexibility index (Phi) is 5.29. The third-order valence-electron chi connectivity index (χ3n) is 4.16. The highest BCUT2D eigenvalue weighted by atomic mass is 32.2. The molecule has 0 spiro atoms. The fourth-order valence-electron chi connectivity index (χ4n) is 2.80. The Labute approximate surface area is 175 Å². The maximum atomic E-state index is 12.8. The van der Waals surface area contributed by atoms with Crippen LogP contribution in [0.2, 0.25) is 0 Å². The van der Waals surface area contributed by atoms with Crippen molar-refractivity contribution in [1.82, 2.24) is 10.1 Å². The third-order valence-corrected chi connectivity index (χ3v) is 6.44. The van der Waals surface area contributed by atoms with E-state index in [1.54, 1.807) is 24.3 Å². The van der Waals surface area contributed by atoms with Gasteiger partial charge in [-0.2, -0.15) is 4.98 Å². The van der Waals surface area contributed by atoms with Crippen molar-refractivity contribution in [2.45, 2.75) is 11.3 Å². The van der Waals surface area contributed by atoms with Crippen LogP contribution in [0.1, 0.15) is 11.5 Å². The summed E-state index contributed by atoms with van der Waals surface area (Å²) in [6.45, 7) is 0. The van der Waals surface area contributed by atoms with E-state index in [-0.39, 0.29) is 12.1 Å². The molecule has 0 saturated heterocycles. The third kappa shape index (κ3) is 4.07. The highest BCUT2D eigenvalue weighted by Gasteiger charge is 2.26. The molecular weight excluding hydrogens is 428 g/mol. The number of nitrogens with zero attached hydrogens (tertiary/aromatic N) is 3. The Morgan fingerprint density at radius 2 is 1.83 bits per heavy atom. The van der Waals surface area contributed by atoms with Gasteiger partial charge in [-0.05, 0) is 29.1 Å². The van der Waals surface area contributed by atoms with Crippen LogP contribution in [0.15, 0.2) is 75.5 Å². The first-order valence-corrected chi connectivity index (χ1v) is 11.0. The number of anilines is 1. The smallest absolute Gasteiger partial charge is 0.289 e. The van der Waals surface area contributed by atoms with Gasteiger partial charge in [0.1, 0.15) is 0 Å². The van der Waals surface area contributed by atoms with Gasteiger partial charge in [0.25, 0.3) is 15.7 Å². The number of rotatable bonds is 7. The van der Waals surface area contributed by atoms with Gasteiger partial charge in [-0.3, -0.25) is 14.8 Å². The lowest BCUT2D eigenvalue weighted by Crippen LogP contribution is -2.16. The zero-order valence-electron chi connectivity index (χ0n) is 15.3. The minimum Gasteiger partial charge on any atom is -0.339 e. The number of nitro groups is 1. The predicted octanol–water partition coefficient (Wildman–Crippen LogP) is 4.10. The molecule has 2 aromatic heterocycles. The number of hydrogen-bond donors (Lipinski definition) is 1. The number of nitro benzene ring substituents is 1. The first-order chi connectivity index (χ1) is 14.4. The molecule has 0 atom stereocenters. The summed E-state index contributed by atoms with van der Waals surface area (Å²) in [7, 11) is -4.19. The molecule has 4 aromatic rings. The molecule has 1 N–H and O–H groups in total. The molecule has 0 aliphatic carbocycles. The SMILES string of the molecule is O=[N+]([O-])c1ccccc1S(=O)(=O)Nc1ccccc1Cc1nc(-c2cccs2)no1. The second-order valence-electron chi connectivity index (χ2n) is 6.15. The van der Waals surface area contributed by atoms with Crippen molar-refractivity contribution in [3.05, 3.63) is 87.6 Å². The average molecular weight is 442 g/mol.